The van der Waals surface area contributed by atoms with Gasteiger partial charge in [0, 0.05) is 12.4 Å². The van der Waals surface area contributed by atoms with Gasteiger partial charge in [-0.25, -0.2) is 0 Å². The first-order chi connectivity index (χ1) is 7.17. The molecule has 90 valence electrons. The summed E-state index contributed by atoms with van der Waals surface area (Å²) in [6.07, 6.45) is 6.17. The summed E-state index contributed by atoms with van der Waals surface area (Å²) < 4.78 is 0. The van der Waals surface area contributed by atoms with Crippen LogP contribution in [0.4, 0.5) is 0 Å². The van der Waals surface area contributed by atoms with Crippen molar-refractivity contribution in [3.63, 3.8) is 0 Å². The zero-order valence-corrected chi connectivity index (χ0v) is 11.6. The smallest absolute Gasteiger partial charge is 0.0302 e. The molecule has 0 amide bonds. The van der Waals surface area contributed by atoms with Crippen LogP contribution in [0.15, 0.2) is 18.5 Å². The summed E-state index contributed by atoms with van der Waals surface area (Å²) in [6, 6.07) is 2.17. The normalized spacial score (nSPS) is 12.9. The van der Waals surface area contributed by atoms with Gasteiger partial charge in [0.2, 0.25) is 0 Å². The molecular formula is C15H25N. The van der Waals surface area contributed by atoms with Crippen molar-refractivity contribution < 1.29 is 0 Å². The van der Waals surface area contributed by atoms with Gasteiger partial charge in [0.25, 0.3) is 0 Å². The van der Waals surface area contributed by atoms with E-state index in [0.29, 0.717) is 10.8 Å². The fourth-order valence-corrected chi connectivity index (χ4v) is 1.93. The highest BCUT2D eigenvalue weighted by molar-refractivity contribution is 5.25. The van der Waals surface area contributed by atoms with Gasteiger partial charge in [-0.05, 0) is 40.9 Å². The fraction of sp³-hybridized carbons (Fsp3) is 0.667. The van der Waals surface area contributed by atoms with E-state index >= 15 is 0 Å². The van der Waals surface area contributed by atoms with E-state index in [2.05, 4.69) is 52.6 Å². The molecule has 0 aliphatic rings. The molecule has 0 aliphatic heterocycles. The third kappa shape index (κ3) is 4.78. The molecule has 0 aromatic carbocycles. The lowest BCUT2D eigenvalue weighted by Crippen LogP contribution is -2.15. The number of aromatic nitrogens is 1. The molecule has 0 aliphatic carbocycles. The summed E-state index contributed by atoms with van der Waals surface area (Å²) in [7, 11) is 0. The first kappa shape index (κ1) is 13.2. The summed E-state index contributed by atoms with van der Waals surface area (Å²) in [4.78, 5) is 4.26. The van der Waals surface area contributed by atoms with Crippen LogP contribution in [0.5, 0.6) is 0 Å². The highest BCUT2D eigenvalue weighted by Gasteiger charge is 2.17. The lowest BCUT2D eigenvalue weighted by molar-refractivity contribution is 0.392. The minimum Gasteiger partial charge on any atom is -0.264 e. The van der Waals surface area contributed by atoms with Gasteiger partial charge in [-0.1, -0.05) is 41.5 Å². The quantitative estimate of drug-likeness (QED) is 0.724. The minimum atomic E-state index is 0.329. The Morgan fingerprint density at radius 1 is 0.875 bits per heavy atom. The highest BCUT2D eigenvalue weighted by Crippen LogP contribution is 2.27. The molecule has 16 heavy (non-hydrogen) atoms. The van der Waals surface area contributed by atoms with Crippen molar-refractivity contribution in [2.24, 2.45) is 10.8 Å². The monoisotopic (exact) mass is 219 g/mol. The van der Waals surface area contributed by atoms with Crippen LogP contribution in [0, 0.1) is 10.8 Å². The third-order valence-electron chi connectivity index (χ3n) is 2.45. The Bertz CT molecular complexity index is 304. The van der Waals surface area contributed by atoms with Crippen molar-refractivity contribution in [1.29, 1.82) is 0 Å². The standard InChI is InChI=1S/C15H25N/c1-14(2,3)9-12-7-8-16-11-13(12)10-15(4,5)6/h7-8,11H,9-10H2,1-6H3. The zero-order chi connectivity index (χ0) is 12.4. The van der Waals surface area contributed by atoms with Gasteiger partial charge in [0.15, 0.2) is 0 Å². The number of nitrogens with zero attached hydrogens (tertiary/aromatic N) is 1. The molecule has 1 heterocycles. The van der Waals surface area contributed by atoms with E-state index in [0.717, 1.165) is 12.8 Å². The van der Waals surface area contributed by atoms with Crippen molar-refractivity contribution in [2.45, 2.75) is 54.4 Å². The summed E-state index contributed by atoms with van der Waals surface area (Å²) in [5.74, 6) is 0. The molecule has 0 bridgehead atoms. The molecule has 0 unspecified atom stereocenters. The van der Waals surface area contributed by atoms with Crippen LogP contribution < -0.4 is 0 Å². The summed E-state index contributed by atoms with van der Waals surface area (Å²) in [5.41, 5.74) is 3.53. The third-order valence-corrected chi connectivity index (χ3v) is 2.45. The number of rotatable bonds is 2. The van der Waals surface area contributed by atoms with Crippen molar-refractivity contribution in [1.82, 2.24) is 4.98 Å². The Balaban J connectivity index is 2.92. The molecule has 1 aromatic heterocycles. The van der Waals surface area contributed by atoms with Crippen LogP contribution in [0.3, 0.4) is 0 Å². The van der Waals surface area contributed by atoms with Crippen LogP contribution in [-0.4, -0.2) is 4.98 Å². The SMILES string of the molecule is CC(C)(C)Cc1ccncc1CC(C)(C)C. The summed E-state index contributed by atoms with van der Waals surface area (Å²) >= 11 is 0. The molecule has 0 saturated heterocycles. The topological polar surface area (TPSA) is 12.9 Å². The highest BCUT2D eigenvalue weighted by atomic mass is 14.6. The van der Waals surface area contributed by atoms with Gasteiger partial charge in [0.1, 0.15) is 0 Å². The molecule has 0 spiro atoms. The lowest BCUT2D eigenvalue weighted by atomic mass is 9.82. The molecule has 1 nitrogen and oxygen atoms in total. The number of hydrogen-bond acceptors (Lipinski definition) is 1. The molecule has 0 atom stereocenters. The van der Waals surface area contributed by atoms with Crippen molar-refractivity contribution in [3.05, 3.63) is 29.6 Å². The van der Waals surface area contributed by atoms with Crippen LogP contribution in [0.2, 0.25) is 0 Å². The van der Waals surface area contributed by atoms with E-state index < -0.39 is 0 Å². The maximum Gasteiger partial charge on any atom is 0.0302 e. The van der Waals surface area contributed by atoms with Crippen LogP contribution in [0.25, 0.3) is 0 Å². The molecule has 0 radical (unpaired) electrons. The first-order valence-corrected chi connectivity index (χ1v) is 6.09. The van der Waals surface area contributed by atoms with Gasteiger partial charge < -0.3 is 0 Å². The Hall–Kier alpha value is -0.850. The molecule has 1 heteroatoms. The second kappa shape index (κ2) is 4.57. The van der Waals surface area contributed by atoms with Crippen LogP contribution in [-0.2, 0) is 12.8 Å². The number of pyridine rings is 1. The van der Waals surface area contributed by atoms with Gasteiger partial charge >= 0.3 is 0 Å². The molecule has 0 fully saturated rings. The molecule has 1 rings (SSSR count). The van der Waals surface area contributed by atoms with E-state index in [4.69, 9.17) is 0 Å². The van der Waals surface area contributed by atoms with E-state index in [1.165, 1.54) is 11.1 Å². The van der Waals surface area contributed by atoms with Crippen molar-refractivity contribution in [2.75, 3.05) is 0 Å². The van der Waals surface area contributed by atoms with Crippen LogP contribution >= 0.6 is 0 Å². The predicted molar refractivity (Wildman–Crippen MR) is 70.6 cm³/mol. The second-order valence-corrected chi connectivity index (χ2v) is 7.12. The Morgan fingerprint density at radius 2 is 1.38 bits per heavy atom. The van der Waals surface area contributed by atoms with E-state index in [-0.39, 0.29) is 0 Å². The average molecular weight is 219 g/mol. The van der Waals surface area contributed by atoms with Crippen molar-refractivity contribution >= 4 is 0 Å². The van der Waals surface area contributed by atoms with E-state index in [1.54, 1.807) is 0 Å². The summed E-state index contributed by atoms with van der Waals surface area (Å²) in [5, 5.41) is 0. The number of hydrogen-bond donors (Lipinski definition) is 0. The molecular weight excluding hydrogens is 194 g/mol. The van der Waals surface area contributed by atoms with Crippen molar-refractivity contribution in [3.8, 4) is 0 Å². The van der Waals surface area contributed by atoms with Gasteiger partial charge in [-0.15, -0.1) is 0 Å². The molecule has 0 saturated carbocycles. The molecule has 1 aromatic rings. The van der Waals surface area contributed by atoms with Gasteiger partial charge in [-0.2, -0.15) is 0 Å². The Morgan fingerprint density at radius 3 is 1.88 bits per heavy atom. The maximum atomic E-state index is 4.26. The van der Waals surface area contributed by atoms with Crippen LogP contribution in [0.1, 0.15) is 52.7 Å². The summed E-state index contributed by atoms with van der Waals surface area (Å²) in [6.45, 7) is 13.7. The van der Waals surface area contributed by atoms with E-state index in [9.17, 15) is 0 Å². The Labute approximate surface area is 100 Å². The lowest BCUT2D eigenvalue weighted by Gasteiger charge is -2.24. The van der Waals surface area contributed by atoms with Gasteiger partial charge in [0.05, 0.1) is 0 Å². The maximum absolute atomic E-state index is 4.26. The molecule has 0 N–H and O–H groups in total. The average Bonchev–Trinajstić information content (AvgIpc) is 2.03. The predicted octanol–water partition coefficient (Wildman–Crippen LogP) is 4.26. The van der Waals surface area contributed by atoms with E-state index in [1.807, 2.05) is 12.4 Å². The Kier molecular flexibility index (Phi) is 3.77. The first-order valence-electron chi connectivity index (χ1n) is 6.09. The van der Waals surface area contributed by atoms with Gasteiger partial charge in [-0.3, -0.25) is 4.98 Å². The zero-order valence-electron chi connectivity index (χ0n) is 11.6. The largest absolute Gasteiger partial charge is 0.264 e. The fourth-order valence-electron chi connectivity index (χ4n) is 1.93. The minimum absolute atomic E-state index is 0.329. The second-order valence-electron chi connectivity index (χ2n) is 7.12.